The largest absolute Gasteiger partial charge is 0.326 e. The van der Waals surface area contributed by atoms with Gasteiger partial charge in [0.05, 0.1) is 0 Å². The lowest BCUT2D eigenvalue weighted by molar-refractivity contribution is -0.116. The minimum Gasteiger partial charge on any atom is -0.326 e. The van der Waals surface area contributed by atoms with E-state index in [4.69, 9.17) is 11.6 Å². The molecule has 2 N–H and O–H groups in total. The predicted molar refractivity (Wildman–Crippen MR) is 67.8 cm³/mol. The van der Waals surface area contributed by atoms with Gasteiger partial charge < -0.3 is 10.6 Å². The Kier molecular flexibility index (Phi) is 5.61. The van der Waals surface area contributed by atoms with Crippen LogP contribution in [0.4, 0.5) is 5.69 Å². The lowest BCUT2D eigenvalue weighted by atomic mass is 10.3. The summed E-state index contributed by atoms with van der Waals surface area (Å²) < 4.78 is 0. The number of nitrogens with one attached hydrogen (secondary N) is 2. The lowest BCUT2D eigenvalue weighted by Crippen LogP contribution is -2.21. The van der Waals surface area contributed by atoms with Gasteiger partial charge >= 0.3 is 0 Å². The van der Waals surface area contributed by atoms with Crippen LogP contribution >= 0.6 is 11.6 Å². The summed E-state index contributed by atoms with van der Waals surface area (Å²) in [4.78, 5) is 11.5. The van der Waals surface area contributed by atoms with Crippen LogP contribution in [0.25, 0.3) is 0 Å². The van der Waals surface area contributed by atoms with Crippen LogP contribution in [0.5, 0.6) is 0 Å². The fraction of sp³-hybridized carbons (Fsp3) is 0.250. The maximum Gasteiger partial charge on any atom is 0.225 e. The van der Waals surface area contributed by atoms with E-state index >= 15 is 0 Å². The van der Waals surface area contributed by atoms with E-state index in [9.17, 15) is 4.79 Å². The Bertz CT molecular complexity index is 349. The average Bonchev–Trinajstić information content (AvgIpc) is 2.28. The quantitative estimate of drug-likeness (QED) is 0.591. The van der Waals surface area contributed by atoms with Crippen LogP contribution in [0.15, 0.2) is 36.9 Å². The third-order valence-electron chi connectivity index (χ3n) is 1.95. The second kappa shape index (κ2) is 7.04. The van der Waals surface area contributed by atoms with Gasteiger partial charge in [-0.3, -0.25) is 4.79 Å². The molecular formula is C12H15ClN2O. The molecule has 0 fully saturated rings. The third-order valence-corrected chi connectivity index (χ3v) is 2.20. The van der Waals surface area contributed by atoms with Gasteiger partial charge in [0.2, 0.25) is 5.91 Å². The van der Waals surface area contributed by atoms with Crippen LogP contribution in [0, 0.1) is 0 Å². The van der Waals surface area contributed by atoms with Crippen molar-refractivity contribution in [3.8, 4) is 0 Å². The van der Waals surface area contributed by atoms with Gasteiger partial charge in [-0.25, -0.2) is 0 Å². The van der Waals surface area contributed by atoms with Crippen LogP contribution in [0.1, 0.15) is 6.42 Å². The fourth-order valence-corrected chi connectivity index (χ4v) is 1.29. The summed E-state index contributed by atoms with van der Waals surface area (Å²) in [7, 11) is 0. The van der Waals surface area contributed by atoms with Crippen molar-refractivity contribution in [1.29, 1.82) is 0 Å². The molecule has 16 heavy (non-hydrogen) atoms. The molecule has 86 valence electrons. The standard InChI is InChI=1S/C12H15ClN2O/c1-2-8-14-9-7-12(16)15-11-5-3-10(13)4-6-11/h2-6,14H,1,7-9H2,(H,15,16). The highest BCUT2D eigenvalue weighted by Gasteiger charge is 2.01. The molecule has 0 aliphatic rings. The minimum atomic E-state index is -0.0149. The molecule has 0 aliphatic heterocycles. The normalized spacial score (nSPS) is 9.81. The summed E-state index contributed by atoms with van der Waals surface area (Å²) in [6.07, 6.45) is 2.20. The average molecular weight is 239 g/mol. The summed E-state index contributed by atoms with van der Waals surface area (Å²) >= 11 is 5.73. The van der Waals surface area contributed by atoms with E-state index in [0.29, 0.717) is 24.5 Å². The van der Waals surface area contributed by atoms with Crippen molar-refractivity contribution in [1.82, 2.24) is 5.32 Å². The van der Waals surface area contributed by atoms with Crippen LogP contribution in [0.2, 0.25) is 5.02 Å². The van der Waals surface area contributed by atoms with Gasteiger partial charge in [-0.15, -0.1) is 6.58 Å². The molecule has 1 rings (SSSR count). The highest BCUT2D eigenvalue weighted by atomic mass is 35.5. The first kappa shape index (κ1) is 12.7. The zero-order valence-electron chi connectivity index (χ0n) is 9.00. The van der Waals surface area contributed by atoms with E-state index in [2.05, 4.69) is 17.2 Å². The van der Waals surface area contributed by atoms with Crippen LogP contribution in [-0.4, -0.2) is 19.0 Å². The van der Waals surface area contributed by atoms with Gasteiger partial charge in [0, 0.05) is 30.2 Å². The summed E-state index contributed by atoms with van der Waals surface area (Å²) in [6, 6.07) is 7.04. The Balaban J connectivity index is 2.28. The number of carbonyl (C=O) groups is 1. The smallest absolute Gasteiger partial charge is 0.225 e. The summed E-state index contributed by atoms with van der Waals surface area (Å²) in [6.45, 7) is 4.94. The molecule has 0 unspecified atom stereocenters. The van der Waals surface area contributed by atoms with Crippen molar-refractivity contribution in [2.24, 2.45) is 0 Å². The molecule has 0 bridgehead atoms. The molecule has 0 aromatic heterocycles. The topological polar surface area (TPSA) is 41.1 Å². The van der Waals surface area contributed by atoms with Gasteiger partial charge in [0.25, 0.3) is 0 Å². The molecule has 0 saturated carbocycles. The minimum absolute atomic E-state index is 0.0149. The zero-order valence-corrected chi connectivity index (χ0v) is 9.76. The number of halogens is 1. The van der Waals surface area contributed by atoms with Crippen molar-refractivity contribution < 1.29 is 4.79 Å². The number of amides is 1. The highest BCUT2D eigenvalue weighted by Crippen LogP contribution is 2.13. The predicted octanol–water partition coefficient (Wildman–Crippen LogP) is 2.44. The Hall–Kier alpha value is -1.32. The van der Waals surface area contributed by atoms with E-state index in [1.807, 2.05) is 0 Å². The molecule has 1 aromatic carbocycles. The summed E-state index contributed by atoms with van der Waals surface area (Å²) in [5, 5.41) is 6.50. The molecule has 0 atom stereocenters. The van der Waals surface area contributed by atoms with Crippen molar-refractivity contribution in [3.05, 3.63) is 41.9 Å². The first-order valence-corrected chi connectivity index (χ1v) is 5.47. The molecule has 3 nitrogen and oxygen atoms in total. The monoisotopic (exact) mass is 238 g/mol. The lowest BCUT2D eigenvalue weighted by Gasteiger charge is -2.05. The van der Waals surface area contributed by atoms with E-state index in [-0.39, 0.29) is 5.91 Å². The number of hydrogen-bond donors (Lipinski definition) is 2. The number of rotatable bonds is 6. The van der Waals surface area contributed by atoms with Gasteiger partial charge in [0.15, 0.2) is 0 Å². The van der Waals surface area contributed by atoms with Gasteiger partial charge in [-0.2, -0.15) is 0 Å². The number of anilines is 1. The van der Waals surface area contributed by atoms with Gasteiger partial charge in [-0.05, 0) is 24.3 Å². The van der Waals surface area contributed by atoms with Crippen LogP contribution in [0.3, 0.4) is 0 Å². The molecule has 0 saturated heterocycles. The third kappa shape index (κ3) is 4.96. The molecule has 1 amide bonds. The Morgan fingerprint density at radius 3 is 2.69 bits per heavy atom. The van der Waals surface area contributed by atoms with Crippen molar-refractivity contribution in [3.63, 3.8) is 0 Å². The second-order valence-corrected chi connectivity index (χ2v) is 3.73. The van der Waals surface area contributed by atoms with Crippen LogP contribution < -0.4 is 10.6 Å². The van der Waals surface area contributed by atoms with Crippen LogP contribution in [-0.2, 0) is 4.79 Å². The maximum absolute atomic E-state index is 11.5. The van der Waals surface area contributed by atoms with E-state index in [1.165, 1.54) is 0 Å². The SMILES string of the molecule is C=CCNCCC(=O)Nc1ccc(Cl)cc1. The molecule has 1 aromatic rings. The first-order chi connectivity index (χ1) is 7.72. The molecule has 0 heterocycles. The summed E-state index contributed by atoms with van der Waals surface area (Å²) in [5.41, 5.74) is 0.762. The zero-order chi connectivity index (χ0) is 11.8. The molecule has 0 spiro atoms. The van der Waals surface area contributed by atoms with Gasteiger partial charge in [-0.1, -0.05) is 17.7 Å². The number of benzene rings is 1. The highest BCUT2D eigenvalue weighted by molar-refractivity contribution is 6.30. The molecular weight excluding hydrogens is 224 g/mol. The Labute approximate surface area is 100 Å². The van der Waals surface area contributed by atoms with E-state index < -0.39 is 0 Å². The molecule has 0 aliphatic carbocycles. The molecule has 4 heteroatoms. The number of hydrogen-bond acceptors (Lipinski definition) is 2. The van der Waals surface area contributed by atoms with Gasteiger partial charge in [0.1, 0.15) is 0 Å². The summed E-state index contributed by atoms with van der Waals surface area (Å²) in [5.74, 6) is -0.0149. The Morgan fingerprint density at radius 2 is 2.06 bits per heavy atom. The second-order valence-electron chi connectivity index (χ2n) is 3.30. The maximum atomic E-state index is 11.5. The molecule has 0 radical (unpaired) electrons. The fourth-order valence-electron chi connectivity index (χ4n) is 1.16. The van der Waals surface area contributed by atoms with Crippen molar-refractivity contribution in [2.75, 3.05) is 18.4 Å². The first-order valence-electron chi connectivity index (χ1n) is 5.09. The Morgan fingerprint density at radius 1 is 1.38 bits per heavy atom. The van der Waals surface area contributed by atoms with Crippen molar-refractivity contribution in [2.45, 2.75) is 6.42 Å². The van der Waals surface area contributed by atoms with E-state index in [1.54, 1.807) is 30.3 Å². The number of carbonyl (C=O) groups excluding carboxylic acids is 1. The van der Waals surface area contributed by atoms with Crippen molar-refractivity contribution >= 4 is 23.2 Å². The van der Waals surface area contributed by atoms with E-state index in [0.717, 1.165) is 5.69 Å².